The molecule has 0 bridgehead atoms. The average molecular weight is 333 g/mol. The number of pyridine rings is 1. The summed E-state index contributed by atoms with van der Waals surface area (Å²) in [6.07, 6.45) is 5.87. The highest BCUT2D eigenvalue weighted by molar-refractivity contribution is 9.10. The summed E-state index contributed by atoms with van der Waals surface area (Å²) in [6, 6.07) is 12.9. The van der Waals surface area contributed by atoms with E-state index in [4.69, 9.17) is 0 Å². The molecule has 2 rings (SSSR count). The number of benzene rings is 1. The lowest BCUT2D eigenvalue weighted by molar-refractivity contribution is 0.390. The predicted molar refractivity (Wildman–Crippen MR) is 88.0 cm³/mol. The Morgan fingerprint density at radius 2 is 1.95 bits per heavy atom. The molecule has 1 atom stereocenters. The second-order valence-electron chi connectivity index (χ2n) is 5.22. The molecule has 1 N–H and O–H groups in total. The van der Waals surface area contributed by atoms with Crippen LogP contribution in [-0.2, 0) is 11.8 Å². The van der Waals surface area contributed by atoms with Gasteiger partial charge in [-0.05, 0) is 53.0 Å². The lowest BCUT2D eigenvalue weighted by Gasteiger charge is -2.33. The van der Waals surface area contributed by atoms with Crippen molar-refractivity contribution in [2.24, 2.45) is 0 Å². The van der Waals surface area contributed by atoms with Crippen LogP contribution in [0.3, 0.4) is 0 Å². The zero-order chi connectivity index (χ0) is 14.4. The van der Waals surface area contributed by atoms with Gasteiger partial charge in [0.1, 0.15) is 0 Å². The molecule has 1 aromatic carbocycles. The maximum absolute atomic E-state index is 4.29. The van der Waals surface area contributed by atoms with Crippen molar-refractivity contribution in [1.82, 2.24) is 10.3 Å². The molecular formula is C17H21BrN2. The van der Waals surface area contributed by atoms with Gasteiger partial charge in [-0.2, -0.15) is 0 Å². The van der Waals surface area contributed by atoms with Crippen LogP contribution in [0.25, 0.3) is 0 Å². The van der Waals surface area contributed by atoms with Crippen molar-refractivity contribution in [2.75, 3.05) is 13.6 Å². The van der Waals surface area contributed by atoms with Gasteiger partial charge in [-0.1, -0.05) is 37.3 Å². The minimum Gasteiger partial charge on any atom is -0.319 e. The standard InChI is InChI=1S/C17H21BrN2/c1-3-17(13-19-2,15-7-5-4-6-8-15)10-14-9-16(18)12-20-11-14/h4-9,11-12,19H,3,10,13H2,1-2H3. The molecule has 1 aromatic heterocycles. The third kappa shape index (κ3) is 3.47. The van der Waals surface area contributed by atoms with Gasteiger partial charge in [-0.15, -0.1) is 0 Å². The van der Waals surface area contributed by atoms with E-state index in [1.807, 2.05) is 19.4 Å². The Labute approximate surface area is 129 Å². The van der Waals surface area contributed by atoms with Gasteiger partial charge in [-0.25, -0.2) is 0 Å². The molecule has 1 unspecified atom stereocenters. The maximum Gasteiger partial charge on any atom is 0.0410 e. The van der Waals surface area contributed by atoms with Gasteiger partial charge in [0.2, 0.25) is 0 Å². The van der Waals surface area contributed by atoms with Crippen LogP contribution < -0.4 is 5.32 Å². The maximum atomic E-state index is 4.29. The molecule has 0 aliphatic heterocycles. The van der Waals surface area contributed by atoms with E-state index in [-0.39, 0.29) is 5.41 Å². The summed E-state index contributed by atoms with van der Waals surface area (Å²) in [5.41, 5.74) is 2.76. The largest absolute Gasteiger partial charge is 0.319 e. The zero-order valence-electron chi connectivity index (χ0n) is 12.1. The lowest BCUT2D eigenvalue weighted by atomic mass is 9.73. The van der Waals surface area contributed by atoms with Crippen LogP contribution in [0.4, 0.5) is 0 Å². The first kappa shape index (κ1) is 15.2. The van der Waals surface area contributed by atoms with Crippen LogP contribution in [0.2, 0.25) is 0 Å². The summed E-state index contributed by atoms with van der Waals surface area (Å²) in [5, 5.41) is 3.36. The summed E-state index contributed by atoms with van der Waals surface area (Å²) in [5.74, 6) is 0. The smallest absolute Gasteiger partial charge is 0.0410 e. The Morgan fingerprint density at radius 1 is 1.20 bits per heavy atom. The predicted octanol–water partition coefficient (Wildman–Crippen LogP) is 3.95. The highest BCUT2D eigenvalue weighted by atomic mass is 79.9. The van der Waals surface area contributed by atoms with E-state index in [1.54, 1.807) is 0 Å². The van der Waals surface area contributed by atoms with Crippen molar-refractivity contribution in [1.29, 1.82) is 0 Å². The van der Waals surface area contributed by atoms with E-state index in [0.29, 0.717) is 0 Å². The fourth-order valence-electron chi connectivity index (χ4n) is 2.79. The monoisotopic (exact) mass is 332 g/mol. The van der Waals surface area contributed by atoms with Crippen molar-refractivity contribution in [3.63, 3.8) is 0 Å². The number of likely N-dealkylation sites (N-methyl/N-ethyl adjacent to an activating group) is 1. The number of hydrogen-bond donors (Lipinski definition) is 1. The molecule has 0 saturated carbocycles. The molecule has 20 heavy (non-hydrogen) atoms. The SMILES string of the molecule is CCC(CNC)(Cc1cncc(Br)c1)c1ccccc1. The third-order valence-corrected chi connectivity index (χ3v) is 4.32. The number of nitrogens with one attached hydrogen (secondary N) is 1. The molecule has 0 aliphatic carbocycles. The van der Waals surface area contributed by atoms with Crippen molar-refractivity contribution in [2.45, 2.75) is 25.2 Å². The summed E-state index contributed by atoms with van der Waals surface area (Å²) in [6.45, 7) is 3.22. The van der Waals surface area contributed by atoms with Gasteiger partial charge in [-0.3, -0.25) is 4.98 Å². The van der Waals surface area contributed by atoms with Crippen molar-refractivity contribution >= 4 is 15.9 Å². The number of nitrogens with zero attached hydrogens (tertiary/aromatic N) is 1. The first-order chi connectivity index (χ1) is 9.70. The van der Waals surface area contributed by atoms with Crippen LogP contribution >= 0.6 is 15.9 Å². The molecule has 1 heterocycles. The third-order valence-electron chi connectivity index (χ3n) is 3.88. The van der Waals surface area contributed by atoms with Crippen molar-refractivity contribution in [3.05, 3.63) is 64.4 Å². The first-order valence-electron chi connectivity index (χ1n) is 7.00. The molecule has 0 aliphatic rings. The molecule has 0 amide bonds. The van der Waals surface area contributed by atoms with Crippen molar-refractivity contribution < 1.29 is 0 Å². The van der Waals surface area contributed by atoms with Crippen molar-refractivity contribution in [3.8, 4) is 0 Å². The number of halogens is 1. The van der Waals surface area contributed by atoms with Gasteiger partial charge < -0.3 is 5.32 Å². The minimum absolute atomic E-state index is 0.110. The Morgan fingerprint density at radius 3 is 2.55 bits per heavy atom. The molecule has 2 aromatic rings. The van der Waals surface area contributed by atoms with Gasteiger partial charge in [0.15, 0.2) is 0 Å². The quantitative estimate of drug-likeness (QED) is 0.866. The van der Waals surface area contributed by atoms with E-state index < -0.39 is 0 Å². The highest BCUT2D eigenvalue weighted by Crippen LogP contribution is 2.32. The van der Waals surface area contributed by atoms with E-state index in [0.717, 1.165) is 23.9 Å². The summed E-state index contributed by atoms with van der Waals surface area (Å²) in [7, 11) is 2.02. The van der Waals surface area contributed by atoms with E-state index in [1.165, 1.54) is 11.1 Å². The van der Waals surface area contributed by atoms with Crippen LogP contribution in [0.1, 0.15) is 24.5 Å². The Bertz CT molecular complexity index is 542. The summed E-state index contributed by atoms with van der Waals surface area (Å²) in [4.78, 5) is 4.29. The van der Waals surface area contributed by atoms with Crippen LogP contribution in [-0.4, -0.2) is 18.6 Å². The Kier molecular flexibility index (Phi) is 5.32. The molecule has 0 saturated heterocycles. The fourth-order valence-corrected chi connectivity index (χ4v) is 3.21. The first-order valence-corrected chi connectivity index (χ1v) is 7.79. The molecule has 0 spiro atoms. The highest BCUT2D eigenvalue weighted by Gasteiger charge is 2.30. The van der Waals surface area contributed by atoms with Gasteiger partial charge in [0.05, 0.1) is 0 Å². The van der Waals surface area contributed by atoms with Crippen LogP contribution in [0.5, 0.6) is 0 Å². The second-order valence-corrected chi connectivity index (χ2v) is 6.13. The Balaban J connectivity index is 2.37. The van der Waals surface area contributed by atoms with Crippen LogP contribution in [0, 0.1) is 0 Å². The molecular weight excluding hydrogens is 312 g/mol. The summed E-state index contributed by atoms with van der Waals surface area (Å²) < 4.78 is 1.04. The number of hydrogen-bond acceptors (Lipinski definition) is 2. The zero-order valence-corrected chi connectivity index (χ0v) is 13.7. The minimum atomic E-state index is 0.110. The van der Waals surface area contributed by atoms with Gasteiger partial charge >= 0.3 is 0 Å². The topological polar surface area (TPSA) is 24.9 Å². The van der Waals surface area contributed by atoms with Gasteiger partial charge in [0.25, 0.3) is 0 Å². The fraction of sp³-hybridized carbons (Fsp3) is 0.353. The summed E-state index contributed by atoms with van der Waals surface area (Å²) >= 11 is 3.51. The number of aromatic nitrogens is 1. The average Bonchev–Trinajstić information content (AvgIpc) is 2.48. The van der Waals surface area contributed by atoms with Gasteiger partial charge in [0, 0.05) is 28.8 Å². The molecule has 106 valence electrons. The molecule has 2 nitrogen and oxygen atoms in total. The normalized spacial score (nSPS) is 13.9. The Hall–Kier alpha value is -1.19. The molecule has 0 fully saturated rings. The lowest BCUT2D eigenvalue weighted by Crippen LogP contribution is -2.38. The second kappa shape index (κ2) is 7.00. The van der Waals surface area contributed by atoms with E-state index in [2.05, 4.69) is 69.6 Å². The van der Waals surface area contributed by atoms with Crippen LogP contribution in [0.15, 0.2) is 53.3 Å². The van der Waals surface area contributed by atoms with E-state index >= 15 is 0 Å². The van der Waals surface area contributed by atoms with E-state index in [9.17, 15) is 0 Å². The number of rotatable bonds is 6. The molecule has 0 radical (unpaired) electrons. The molecule has 3 heteroatoms.